The number of nitrogens with zero attached hydrogens (tertiary/aromatic N) is 4. The molecule has 0 radical (unpaired) electrons. The molecular formula is C29H30N4. The number of para-hydroxylation sites is 1. The highest BCUT2D eigenvalue weighted by Crippen LogP contribution is 2.43. The van der Waals surface area contributed by atoms with E-state index in [4.69, 9.17) is 4.98 Å². The second-order valence-corrected chi connectivity index (χ2v) is 9.21. The minimum Gasteiger partial charge on any atom is -0.305 e. The lowest BCUT2D eigenvalue weighted by atomic mass is 9.85. The second-order valence-electron chi connectivity index (χ2n) is 9.21. The maximum Gasteiger partial charge on any atom is 0.178 e. The van der Waals surface area contributed by atoms with E-state index in [2.05, 4.69) is 109 Å². The van der Waals surface area contributed by atoms with Crippen LogP contribution >= 0.6 is 0 Å². The summed E-state index contributed by atoms with van der Waals surface area (Å²) in [6.45, 7) is 9.77. The molecule has 1 aliphatic heterocycles. The Labute approximate surface area is 196 Å². The number of hydrogen-bond donors (Lipinski definition) is 0. The highest BCUT2D eigenvalue weighted by molar-refractivity contribution is 5.84. The van der Waals surface area contributed by atoms with Crippen molar-refractivity contribution in [3.63, 3.8) is 0 Å². The fourth-order valence-corrected chi connectivity index (χ4v) is 4.71. The molecule has 5 rings (SSSR count). The molecule has 166 valence electrons. The lowest BCUT2D eigenvalue weighted by Crippen LogP contribution is -2.24. The monoisotopic (exact) mass is 434 g/mol. The number of rotatable bonds is 5. The average molecular weight is 435 g/mol. The third-order valence-electron chi connectivity index (χ3n) is 6.34. The Bertz CT molecular complexity index is 1240. The summed E-state index contributed by atoms with van der Waals surface area (Å²) < 4.78 is 0. The molecule has 0 bridgehead atoms. The van der Waals surface area contributed by atoms with Crippen molar-refractivity contribution in [1.82, 2.24) is 9.97 Å². The summed E-state index contributed by atoms with van der Waals surface area (Å²) in [7, 11) is 0. The fraction of sp³-hybridized carbons (Fsp3) is 0.241. The van der Waals surface area contributed by atoms with Gasteiger partial charge in [-0.2, -0.15) is 0 Å². The predicted octanol–water partition coefficient (Wildman–Crippen LogP) is 7.64. The van der Waals surface area contributed by atoms with Gasteiger partial charge < -0.3 is 9.80 Å². The van der Waals surface area contributed by atoms with Crippen LogP contribution in [0.2, 0.25) is 0 Å². The maximum absolute atomic E-state index is 4.71. The smallest absolute Gasteiger partial charge is 0.178 e. The van der Waals surface area contributed by atoms with Gasteiger partial charge in [0.25, 0.3) is 0 Å². The molecule has 3 aromatic carbocycles. The van der Waals surface area contributed by atoms with Gasteiger partial charge in [-0.05, 0) is 58.4 Å². The molecule has 4 aromatic rings. The Kier molecular flexibility index (Phi) is 5.59. The van der Waals surface area contributed by atoms with Crippen LogP contribution in [0.4, 0.5) is 23.0 Å². The van der Waals surface area contributed by atoms with Crippen molar-refractivity contribution < 1.29 is 0 Å². The zero-order chi connectivity index (χ0) is 22.9. The molecule has 2 heterocycles. The van der Waals surface area contributed by atoms with Crippen LogP contribution in [-0.2, 0) is 0 Å². The molecule has 1 aromatic heterocycles. The highest BCUT2D eigenvalue weighted by atomic mass is 15.4. The van der Waals surface area contributed by atoms with Gasteiger partial charge in [-0.25, -0.2) is 9.97 Å². The van der Waals surface area contributed by atoms with E-state index >= 15 is 0 Å². The molecule has 1 aliphatic rings. The first-order valence-electron chi connectivity index (χ1n) is 11.7. The lowest BCUT2D eigenvalue weighted by molar-refractivity contribution is 0.838. The Hall–Kier alpha value is -3.66. The molecule has 0 fully saturated rings. The van der Waals surface area contributed by atoms with Crippen molar-refractivity contribution >= 4 is 23.0 Å². The summed E-state index contributed by atoms with van der Waals surface area (Å²) >= 11 is 0. The van der Waals surface area contributed by atoms with Gasteiger partial charge in [-0.3, -0.25) is 0 Å². The van der Waals surface area contributed by atoms with Crippen LogP contribution < -0.4 is 9.80 Å². The van der Waals surface area contributed by atoms with Gasteiger partial charge in [-0.15, -0.1) is 0 Å². The predicted molar refractivity (Wildman–Crippen MR) is 138 cm³/mol. The van der Waals surface area contributed by atoms with Crippen LogP contribution in [0.1, 0.15) is 50.7 Å². The van der Waals surface area contributed by atoms with E-state index in [9.17, 15) is 0 Å². The number of anilines is 4. The summed E-state index contributed by atoms with van der Waals surface area (Å²) in [5.74, 6) is 2.68. The van der Waals surface area contributed by atoms with Crippen LogP contribution in [0.15, 0.2) is 85.2 Å². The molecule has 0 unspecified atom stereocenters. The molecule has 0 spiro atoms. The number of aromatic nitrogens is 2. The third-order valence-corrected chi connectivity index (χ3v) is 6.34. The normalized spacial score (nSPS) is 13.2. The van der Waals surface area contributed by atoms with Crippen LogP contribution in [0.3, 0.4) is 0 Å². The quantitative estimate of drug-likeness (QED) is 0.323. The lowest BCUT2D eigenvalue weighted by Gasteiger charge is -2.23. The summed E-state index contributed by atoms with van der Waals surface area (Å²) in [6, 6.07) is 26.0. The van der Waals surface area contributed by atoms with E-state index in [1.807, 2.05) is 6.07 Å². The van der Waals surface area contributed by atoms with Gasteiger partial charge in [0.1, 0.15) is 6.67 Å². The summed E-state index contributed by atoms with van der Waals surface area (Å²) in [5, 5.41) is 0. The molecule has 4 heteroatoms. The van der Waals surface area contributed by atoms with Gasteiger partial charge in [-0.1, -0.05) is 76.2 Å². The van der Waals surface area contributed by atoms with E-state index in [-0.39, 0.29) is 0 Å². The van der Waals surface area contributed by atoms with Gasteiger partial charge in [0.05, 0.1) is 0 Å². The minimum atomic E-state index is 0.453. The molecule has 0 saturated heterocycles. The minimum absolute atomic E-state index is 0.453. The first kappa shape index (κ1) is 21.2. The molecule has 0 saturated carbocycles. The van der Waals surface area contributed by atoms with Crippen LogP contribution in [-0.4, -0.2) is 16.6 Å². The summed E-state index contributed by atoms with van der Waals surface area (Å²) in [6.07, 6.45) is 3.54. The van der Waals surface area contributed by atoms with Crippen molar-refractivity contribution in [2.24, 2.45) is 0 Å². The second kappa shape index (κ2) is 8.70. The van der Waals surface area contributed by atoms with Crippen LogP contribution in [0.5, 0.6) is 0 Å². The Balaban J connectivity index is 1.61. The Morgan fingerprint density at radius 1 is 0.636 bits per heavy atom. The SMILES string of the molecule is CC(C)c1cccc(C(C)C)c1-c1cccc(N2CN(c3ccccc3)c3nccnc32)c1. The number of benzene rings is 3. The van der Waals surface area contributed by atoms with Crippen LogP contribution in [0.25, 0.3) is 11.1 Å². The fourth-order valence-electron chi connectivity index (χ4n) is 4.71. The molecule has 0 atom stereocenters. The van der Waals surface area contributed by atoms with E-state index in [0.717, 1.165) is 23.0 Å². The van der Waals surface area contributed by atoms with Gasteiger partial charge in [0.2, 0.25) is 0 Å². The number of fused-ring (bicyclic) bond motifs is 1. The molecular weight excluding hydrogens is 404 g/mol. The van der Waals surface area contributed by atoms with Crippen molar-refractivity contribution in [2.75, 3.05) is 16.5 Å². The average Bonchev–Trinajstić information content (AvgIpc) is 3.24. The molecule has 33 heavy (non-hydrogen) atoms. The highest BCUT2D eigenvalue weighted by Gasteiger charge is 2.30. The summed E-state index contributed by atoms with van der Waals surface area (Å²) in [5.41, 5.74) is 7.65. The Morgan fingerprint density at radius 3 is 1.79 bits per heavy atom. The zero-order valence-corrected chi connectivity index (χ0v) is 19.7. The van der Waals surface area contributed by atoms with E-state index in [1.54, 1.807) is 12.4 Å². The first-order valence-corrected chi connectivity index (χ1v) is 11.7. The van der Waals surface area contributed by atoms with Crippen molar-refractivity contribution in [3.8, 4) is 11.1 Å². The molecule has 0 amide bonds. The maximum atomic E-state index is 4.71. The first-order chi connectivity index (χ1) is 16.0. The zero-order valence-electron chi connectivity index (χ0n) is 19.7. The van der Waals surface area contributed by atoms with E-state index in [0.29, 0.717) is 18.5 Å². The molecule has 0 aliphatic carbocycles. The van der Waals surface area contributed by atoms with Crippen LogP contribution in [0, 0.1) is 0 Å². The van der Waals surface area contributed by atoms with Gasteiger partial charge in [0, 0.05) is 23.8 Å². The van der Waals surface area contributed by atoms with E-state index < -0.39 is 0 Å². The van der Waals surface area contributed by atoms with Crippen molar-refractivity contribution in [1.29, 1.82) is 0 Å². The van der Waals surface area contributed by atoms with E-state index in [1.165, 1.54) is 22.3 Å². The topological polar surface area (TPSA) is 32.3 Å². The summed E-state index contributed by atoms with van der Waals surface area (Å²) in [4.78, 5) is 13.9. The largest absolute Gasteiger partial charge is 0.305 e. The van der Waals surface area contributed by atoms with Gasteiger partial charge in [0.15, 0.2) is 11.6 Å². The Morgan fingerprint density at radius 2 is 1.18 bits per heavy atom. The van der Waals surface area contributed by atoms with Gasteiger partial charge >= 0.3 is 0 Å². The number of hydrogen-bond acceptors (Lipinski definition) is 4. The third kappa shape index (κ3) is 3.86. The van der Waals surface area contributed by atoms with Crippen molar-refractivity contribution in [3.05, 3.63) is 96.3 Å². The molecule has 4 nitrogen and oxygen atoms in total. The van der Waals surface area contributed by atoms with Crippen molar-refractivity contribution in [2.45, 2.75) is 39.5 Å². The standard InChI is InChI=1S/C29H30N4/c1-20(2)25-14-9-15-26(21(3)4)27(25)22-10-8-13-24(18-22)33-19-32(23-11-6-5-7-12-23)28-29(33)31-17-16-30-28/h5-18,20-21H,19H2,1-4H3. The molecule has 0 N–H and O–H groups in total.